The highest BCUT2D eigenvalue weighted by Gasteiger charge is 2.27. The van der Waals surface area contributed by atoms with Crippen molar-refractivity contribution in [1.29, 1.82) is 0 Å². The molecular weight excluding hydrogens is 504 g/mol. The van der Waals surface area contributed by atoms with Gasteiger partial charge in [0.05, 0.1) is 4.90 Å². The molecule has 2 heterocycles. The van der Waals surface area contributed by atoms with Crippen molar-refractivity contribution in [3.8, 4) is 11.3 Å². The van der Waals surface area contributed by atoms with E-state index >= 15 is 0 Å². The van der Waals surface area contributed by atoms with Gasteiger partial charge in [0.15, 0.2) is 0 Å². The average Bonchev–Trinajstić information content (AvgIpc) is 3.31. The zero-order valence-electron chi connectivity index (χ0n) is 17.3. The van der Waals surface area contributed by atoms with E-state index in [0.29, 0.717) is 5.76 Å². The second-order valence-corrected chi connectivity index (χ2v) is 9.91. The maximum absolute atomic E-state index is 13.3. The highest BCUT2D eigenvalue weighted by molar-refractivity contribution is 9.10. The number of halogens is 1. The van der Waals surface area contributed by atoms with E-state index in [1.54, 1.807) is 54.9 Å². The molecule has 4 rings (SSSR count). The normalized spacial score (nSPS) is 11.8. The molecule has 2 aromatic carbocycles. The predicted molar refractivity (Wildman–Crippen MR) is 130 cm³/mol. The number of pyridine rings is 1. The van der Waals surface area contributed by atoms with E-state index in [1.165, 1.54) is 18.2 Å². The van der Waals surface area contributed by atoms with Crippen molar-refractivity contribution in [3.05, 3.63) is 112 Å². The van der Waals surface area contributed by atoms with Gasteiger partial charge in [-0.1, -0.05) is 52.3 Å². The number of carbonyl (C=O) groups excluding carboxylic acids is 1. The minimum Gasteiger partial charge on any atom is -0.457 e. The lowest BCUT2D eigenvalue weighted by molar-refractivity contribution is -0.116. The molecule has 2 aromatic heterocycles. The number of hydrogen-bond acceptors (Lipinski definition) is 5. The topological polar surface area (TPSA) is 89.3 Å². The molecule has 0 aliphatic rings. The van der Waals surface area contributed by atoms with Crippen molar-refractivity contribution in [3.63, 3.8) is 0 Å². The van der Waals surface area contributed by atoms with Gasteiger partial charge in [-0.15, -0.1) is 0 Å². The number of furan rings is 1. The fourth-order valence-corrected chi connectivity index (χ4v) is 4.71. The van der Waals surface area contributed by atoms with E-state index in [-0.39, 0.29) is 17.2 Å². The third-order valence-corrected chi connectivity index (χ3v) is 7.08. The van der Waals surface area contributed by atoms with Crippen LogP contribution in [0.4, 0.5) is 0 Å². The number of benzene rings is 2. The van der Waals surface area contributed by atoms with Crippen molar-refractivity contribution in [2.45, 2.75) is 11.4 Å². The Labute approximate surface area is 200 Å². The highest BCUT2D eigenvalue weighted by Crippen LogP contribution is 2.27. The van der Waals surface area contributed by atoms with Gasteiger partial charge in [-0.05, 0) is 48.0 Å². The average molecular weight is 523 g/mol. The smallest absolute Gasteiger partial charge is 0.263 e. The van der Waals surface area contributed by atoms with E-state index in [2.05, 4.69) is 26.2 Å². The van der Waals surface area contributed by atoms with E-state index in [9.17, 15) is 13.2 Å². The van der Waals surface area contributed by atoms with Crippen LogP contribution >= 0.6 is 15.9 Å². The highest BCUT2D eigenvalue weighted by atomic mass is 79.9. The summed E-state index contributed by atoms with van der Waals surface area (Å²) in [5.41, 5.74) is 1.57. The van der Waals surface area contributed by atoms with Gasteiger partial charge in [0.1, 0.15) is 16.4 Å². The molecule has 4 aromatic rings. The lowest BCUT2D eigenvalue weighted by atomic mass is 10.2. The van der Waals surface area contributed by atoms with Crippen LogP contribution in [0, 0.1) is 0 Å². The van der Waals surface area contributed by atoms with Crippen LogP contribution in [0.25, 0.3) is 17.4 Å². The quantitative estimate of drug-likeness (QED) is 0.335. The number of sulfone groups is 1. The molecule has 0 saturated heterocycles. The molecular formula is C25H19BrN2O4S. The van der Waals surface area contributed by atoms with Crippen molar-refractivity contribution < 1.29 is 17.6 Å². The third kappa shape index (κ3) is 5.47. The molecule has 0 aliphatic carbocycles. The second-order valence-electron chi connectivity index (χ2n) is 7.08. The molecule has 0 saturated carbocycles. The van der Waals surface area contributed by atoms with E-state index in [1.807, 2.05) is 24.3 Å². The van der Waals surface area contributed by atoms with Gasteiger partial charge in [-0.3, -0.25) is 9.78 Å². The first kappa shape index (κ1) is 22.7. The molecule has 0 spiro atoms. The minimum absolute atomic E-state index is 0.0208. The molecule has 0 bridgehead atoms. The van der Waals surface area contributed by atoms with E-state index in [0.717, 1.165) is 15.6 Å². The van der Waals surface area contributed by atoms with Crippen molar-refractivity contribution in [2.75, 3.05) is 0 Å². The van der Waals surface area contributed by atoms with Crippen molar-refractivity contribution in [1.82, 2.24) is 10.3 Å². The Hall–Kier alpha value is -3.49. The van der Waals surface area contributed by atoms with Gasteiger partial charge in [0.25, 0.3) is 5.91 Å². The Morgan fingerprint density at radius 3 is 2.42 bits per heavy atom. The summed E-state index contributed by atoms with van der Waals surface area (Å²) in [7, 11) is -4.10. The van der Waals surface area contributed by atoms with Crippen LogP contribution < -0.4 is 5.32 Å². The van der Waals surface area contributed by atoms with Crippen LogP contribution in [0.1, 0.15) is 11.3 Å². The number of carbonyl (C=O) groups is 1. The molecule has 33 heavy (non-hydrogen) atoms. The summed E-state index contributed by atoms with van der Waals surface area (Å²) in [6, 6.07) is 22.2. The molecule has 0 fully saturated rings. The van der Waals surface area contributed by atoms with Crippen molar-refractivity contribution in [2.24, 2.45) is 0 Å². The largest absolute Gasteiger partial charge is 0.457 e. The fourth-order valence-electron chi connectivity index (χ4n) is 3.09. The Bertz CT molecular complexity index is 1380. The monoisotopic (exact) mass is 522 g/mol. The number of aromatic nitrogens is 1. The molecule has 6 nitrogen and oxygen atoms in total. The zero-order valence-corrected chi connectivity index (χ0v) is 19.7. The Balaban J connectivity index is 1.68. The summed E-state index contributed by atoms with van der Waals surface area (Å²) in [4.78, 5) is 16.6. The SMILES string of the molecule is O=C(NCc1cccnc1)/C(=C/c1ccc(-c2ccc(Br)cc2)o1)S(=O)(=O)c1ccccc1. The summed E-state index contributed by atoms with van der Waals surface area (Å²) in [6.45, 7) is 0.136. The molecule has 1 amide bonds. The maximum atomic E-state index is 13.3. The van der Waals surface area contributed by atoms with Crippen LogP contribution in [0.2, 0.25) is 0 Å². The molecule has 0 aliphatic heterocycles. The number of nitrogens with one attached hydrogen (secondary N) is 1. The Kier molecular flexibility index (Phi) is 6.86. The molecule has 0 radical (unpaired) electrons. The van der Waals surface area contributed by atoms with Crippen LogP contribution in [0.15, 0.2) is 110 Å². The first-order chi connectivity index (χ1) is 15.9. The first-order valence-electron chi connectivity index (χ1n) is 9.98. The van der Waals surface area contributed by atoms with Crippen LogP contribution in [-0.2, 0) is 21.2 Å². The summed E-state index contributed by atoms with van der Waals surface area (Å²) in [5, 5.41) is 2.67. The standard InChI is InChI=1S/C25H19BrN2O4S/c26-20-10-8-19(9-11-20)23-13-12-21(32-23)15-24(33(30,31)22-6-2-1-3-7-22)25(29)28-17-18-5-4-14-27-16-18/h1-16H,17H2,(H,28,29)/b24-15-. The van der Waals surface area contributed by atoms with Crippen LogP contribution in [-0.4, -0.2) is 19.3 Å². The van der Waals surface area contributed by atoms with Gasteiger partial charge >= 0.3 is 0 Å². The van der Waals surface area contributed by atoms with Gasteiger partial charge in [-0.25, -0.2) is 8.42 Å². The van der Waals surface area contributed by atoms with Crippen LogP contribution in [0.5, 0.6) is 0 Å². The summed E-state index contributed by atoms with van der Waals surface area (Å²) in [6.07, 6.45) is 4.48. The molecule has 1 N–H and O–H groups in total. The maximum Gasteiger partial charge on any atom is 0.263 e. The molecule has 166 valence electrons. The van der Waals surface area contributed by atoms with Gasteiger partial charge in [0, 0.05) is 35.1 Å². The van der Waals surface area contributed by atoms with Crippen molar-refractivity contribution >= 4 is 37.8 Å². The van der Waals surface area contributed by atoms with Gasteiger partial charge in [0.2, 0.25) is 9.84 Å². The number of hydrogen-bond donors (Lipinski definition) is 1. The van der Waals surface area contributed by atoms with Gasteiger partial charge < -0.3 is 9.73 Å². The molecule has 0 unspecified atom stereocenters. The van der Waals surface area contributed by atoms with E-state index in [4.69, 9.17) is 4.42 Å². The third-order valence-electron chi connectivity index (χ3n) is 4.77. The first-order valence-corrected chi connectivity index (χ1v) is 12.3. The number of nitrogens with zero attached hydrogens (tertiary/aromatic N) is 1. The second kappa shape index (κ2) is 9.97. The Morgan fingerprint density at radius 2 is 1.73 bits per heavy atom. The summed E-state index contributed by atoms with van der Waals surface area (Å²) >= 11 is 3.39. The number of rotatable bonds is 7. The molecule has 8 heteroatoms. The summed E-state index contributed by atoms with van der Waals surface area (Å²) < 4.78 is 33.4. The summed E-state index contributed by atoms with van der Waals surface area (Å²) in [5.74, 6) is 0.0734. The lowest BCUT2D eigenvalue weighted by Crippen LogP contribution is -2.28. The fraction of sp³-hybridized carbons (Fsp3) is 0.0400. The molecule has 0 atom stereocenters. The Morgan fingerprint density at radius 1 is 0.970 bits per heavy atom. The van der Waals surface area contributed by atoms with Crippen LogP contribution in [0.3, 0.4) is 0 Å². The number of amides is 1. The van der Waals surface area contributed by atoms with Gasteiger partial charge in [-0.2, -0.15) is 0 Å². The minimum atomic E-state index is -4.10. The zero-order chi connectivity index (χ0) is 23.3. The van der Waals surface area contributed by atoms with E-state index < -0.39 is 20.6 Å². The lowest BCUT2D eigenvalue weighted by Gasteiger charge is -2.10. The predicted octanol–water partition coefficient (Wildman–Crippen LogP) is 5.24.